The number of ether oxygens (including phenoxy) is 1. The molecule has 1 saturated carbocycles. The van der Waals surface area contributed by atoms with Crippen molar-refractivity contribution in [2.24, 2.45) is 0 Å². The smallest absolute Gasteiger partial charge is 0.406 e. The molecule has 1 aliphatic rings. The summed E-state index contributed by atoms with van der Waals surface area (Å²) < 4.78 is 40.0. The number of aliphatic hydroxyl groups is 1. The van der Waals surface area contributed by atoms with Crippen molar-refractivity contribution >= 4 is 0 Å². The molecule has 0 aliphatic heterocycles. The first-order chi connectivity index (χ1) is 7.96. The zero-order valence-corrected chi connectivity index (χ0v) is 9.07. The van der Waals surface area contributed by atoms with E-state index in [4.69, 9.17) is 0 Å². The van der Waals surface area contributed by atoms with Crippen LogP contribution in [0.3, 0.4) is 0 Å². The monoisotopic (exact) mass is 246 g/mol. The molecule has 2 rings (SSSR count). The number of halogens is 3. The SMILES string of the molecule is OC1CCCC1c1cccc(OC(F)(F)F)c1. The Labute approximate surface area is 97.0 Å². The molecule has 0 bridgehead atoms. The molecule has 0 aromatic heterocycles. The van der Waals surface area contributed by atoms with Gasteiger partial charge in [-0.15, -0.1) is 13.2 Å². The molecule has 2 atom stereocenters. The number of hydrogen-bond donors (Lipinski definition) is 1. The van der Waals surface area contributed by atoms with Gasteiger partial charge in [-0.1, -0.05) is 18.6 Å². The van der Waals surface area contributed by atoms with E-state index in [1.807, 2.05) is 0 Å². The van der Waals surface area contributed by atoms with Gasteiger partial charge in [0, 0.05) is 5.92 Å². The van der Waals surface area contributed by atoms with Gasteiger partial charge in [0.15, 0.2) is 0 Å². The molecule has 2 nitrogen and oxygen atoms in total. The average molecular weight is 246 g/mol. The second-order valence-corrected chi connectivity index (χ2v) is 4.23. The van der Waals surface area contributed by atoms with Gasteiger partial charge in [0.2, 0.25) is 0 Å². The minimum absolute atomic E-state index is 0.0771. The van der Waals surface area contributed by atoms with Crippen LogP contribution in [0.15, 0.2) is 24.3 Å². The Morgan fingerprint density at radius 3 is 2.59 bits per heavy atom. The summed E-state index contributed by atoms with van der Waals surface area (Å²) in [5, 5.41) is 9.70. The summed E-state index contributed by atoms with van der Waals surface area (Å²) in [6.07, 6.45) is -2.73. The number of benzene rings is 1. The van der Waals surface area contributed by atoms with Gasteiger partial charge in [-0.05, 0) is 30.5 Å². The molecule has 1 aromatic carbocycles. The van der Waals surface area contributed by atoms with Crippen LogP contribution in [0, 0.1) is 0 Å². The standard InChI is InChI=1S/C12H13F3O2/c13-12(14,15)17-9-4-1-3-8(7-9)10-5-2-6-11(10)16/h1,3-4,7,10-11,16H,2,5-6H2. The fraction of sp³-hybridized carbons (Fsp3) is 0.500. The van der Waals surface area contributed by atoms with E-state index >= 15 is 0 Å². The molecule has 0 saturated heterocycles. The van der Waals surface area contributed by atoms with Crippen LogP contribution < -0.4 is 4.74 Å². The molecule has 1 aromatic rings. The lowest BCUT2D eigenvalue weighted by Gasteiger charge is -2.16. The molecule has 0 radical (unpaired) electrons. The fourth-order valence-corrected chi connectivity index (χ4v) is 2.27. The maximum absolute atomic E-state index is 12.1. The van der Waals surface area contributed by atoms with Gasteiger partial charge in [-0.2, -0.15) is 0 Å². The van der Waals surface area contributed by atoms with Crippen molar-refractivity contribution in [1.29, 1.82) is 0 Å². The largest absolute Gasteiger partial charge is 0.573 e. The third kappa shape index (κ3) is 3.12. The normalized spacial score (nSPS) is 24.9. The molecular weight excluding hydrogens is 233 g/mol. The maximum atomic E-state index is 12.1. The Kier molecular flexibility index (Phi) is 3.28. The van der Waals surface area contributed by atoms with Gasteiger partial charge in [0.1, 0.15) is 5.75 Å². The van der Waals surface area contributed by atoms with E-state index < -0.39 is 12.5 Å². The van der Waals surface area contributed by atoms with Crippen molar-refractivity contribution in [3.05, 3.63) is 29.8 Å². The summed E-state index contributed by atoms with van der Waals surface area (Å²) in [6, 6.07) is 5.86. The summed E-state index contributed by atoms with van der Waals surface area (Å²) in [5.74, 6) is -0.305. The van der Waals surface area contributed by atoms with Crippen LogP contribution >= 0.6 is 0 Å². The highest BCUT2D eigenvalue weighted by atomic mass is 19.4. The van der Waals surface area contributed by atoms with Gasteiger partial charge in [-0.3, -0.25) is 0 Å². The molecule has 2 unspecified atom stereocenters. The second kappa shape index (κ2) is 4.56. The first-order valence-electron chi connectivity index (χ1n) is 5.49. The minimum atomic E-state index is -4.67. The second-order valence-electron chi connectivity index (χ2n) is 4.23. The highest BCUT2D eigenvalue weighted by molar-refractivity contribution is 5.32. The molecule has 1 fully saturated rings. The first kappa shape index (κ1) is 12.2. The lowest BCUT2D eigenvalue weighted by Crippen LogP contribution is -2.17. The summed E-state index contributed by atoms with van der Waals surface area (Å²) in [6.45, 7) is 0. The van der Waals surface area contributed by atoms with Gasteiger partial charge < -0.3 is 9.84 Å². The van der Waals surface area contributed by atoms with Gasteiger partial charge in [-0.25, -0.2) is 0 Å². The molecule has 0 heterocycles. The third-order valence-electron chi connectivity index (χ3n) is 3.00. The van der Waals surface area contributed by atoms with Crippen molar-refractivity contribution in [3.8, 4) is 5.75 Å². The summed E-state index contributed by atoms with van der Waals surface area (Å²) >= 11 is 0. The predicted molar refractivity (Wildman–Crippen MR) is 55.7 cm³/mol. The highest BCUT2D eigenvalue weighted by Crippen LogP contribution is 2.36. The lowest BCUT2D eigenvalue weighted by molar-refractivity contribution is -0.274. The number of rotatable bonds is 2. The Morgan fingerprint density at radius 2 is 2.00 bits per heavy atom. The lowest BCUT2D eigenvalue weighted by atomic mass is 9.96. The van der Waals surface area contributed by atoms with Crippen LogP contribution in [0.4, 0.5) is 13.2 Å². The van der Waals surface area contributed by atoms with Gasteiger partial charge in [0.25, 0.3) is 0 Å². The predicted octanol–water partition coefficient (Wildman–Crippen LogP) is 3.21. The van der Waals surface area contributed by atoms with E-state index in [1.165, 1.54) is 18.2 Å². The van der Waals surface area contributed by atoms with Crippen molar-refractivity contribution in [1.82, 2.24) is 0 Å². The highest BCUT2D eigenvalue weighted by Gasteiger charge is 2.32. The zero-order valence-electron chi connectivity index (χ0n) is 9.07. The number of alkyl halides is 3. The molecule has 94 valence electrons. The van der Waals surface area contributed by atoms with Crippen LogP contribution in [0.1, 0.15) is 30.7 Å². The van der Waals surface area contributed by atoms with Crippen molar-refractivity contribution in [3.63, 3.8) is 0 Å². The van der Waals surface area contributed by atoms with Crippen molar-refractivity contribution in [2.75, 3.05) is 0 Å². The molecular formula is C12H13F3O2. The Morgan fingerprint density at radius 1 is 1.24 bits per heavy atom. The van der Waals surface area contributed by atoms with E-state index in [1.54, 1.807) is 6.07 Å². The van der Waals surface area contributed by atoms with Crippen LogP contribution in [0.2, 0.25) is 0 Å². The topological polar surface area (TPSA) is 29.5 Å². The molecule has 0 spiro atoms. The van der Waals surface area contributed by atoms with Crippen LogP contribution in [-0.4, -0.2) is 17.6 Å². The van der Waals surface area contributed by atoms with Crippen molar-refractivity contribution < 1.29 is 23.0 Å². The molecule has 17 heavy (non-hydrogen) atoms. The van der Waals surface area contributed by atoms with E-state index in [2.05, 4.69) is 4.74 Å². The minimum Gasteiger partial charge on any atom is -0.406 e. The third-order valence-corrected chi connectivity index (χ3v) is 3.00. The average Bonchev–Trinajstić information content (AvgIpc) is 2.62. The van der Waals surface area contributed by atoms with E-state index in [0.29, 0.717) is 12.0 Å². The zero-order chi connectivity index (χ0) is 12.5. The van der Waals surface area contributed by atoms with E-state index in [-0.39, 0.29) is 11.7 Å². The summed E-state index contributed by atoms with van der Waals surface area (Å²) in [7, 11) is 0. The van der Waals surface area contributed by atoms with E-state index in [0.717, 1.165) is 12.8 Å². The first-order valence-corrected chi connectivity index (χ1v) is 5.49. The molecule has 5 heteroatoms. The molecule has 1 N–H and O–H groups in total. The molecule has 0 amide bonds. The Balaban J connectivity index is 2.16. The summed E-state index contributed by atoms with van der Waals surface area (Å²) in [4.78, 5) is 0. The summed E-state index contributed by atoms with van der Waals surface area (Å²) in [5.41, 5.74) is 0.705. The number of hydrogen-bond acceptors (Lipinski definition) is 2. The van der Waals surface area contributed by atoms with Crippen LogP contribution in [0.25, 0.3) is 0 Å². The fourth-order valence-electron chi connectivity index (χ4n) is 2.27. The Bertz CT molecular complexity index is 390. The Hall–Kier alpha value is -1.23. The quantitative estimate of drug-likeness (QED) is 0.868. The van der Waals surface area contributed by atoms with Crippen LogP contribution in [-0.2, 0) is 0 Å². The van der Waals surface area contributed by atoms with E-state index in [9.17, 15) is 18.3 Å². The number of aliphatic hydroxyl groups excluding tert-OH is 1. The van der Waals surface area contributed by atoms with Gasteiger partial charge >= 0.3 is 6.36 Å². The maximum Gasteiger partial charge on any atom is 0.573 e. The van der Waals surface area contributed by atoms with Crippen LogP contribution in [0.5, 0.6) is 5.75 Å². The van der Waals surface area contributed by atoms with Gasteiger partial charge in [0.05, 0.1) is 6.10 Å². The van der Waals surface area contributed by atoms with Crippen molar-refractivity contribution in [2.45, 2.75) is 37.6 Å². The molecule has 1 aliphatic carbocycles.